The van der Waals surface area contributed by atoms with Gasteiger partial charge >= 0.3 is 0 Å². The van der Waals surface area contributed by atoms with E-state index in [9.17, 15) is 0 Å². The number of aromatic nitrogens is 2. The van der Waals surface area contributed by atoms with Crippen LogP contribution in [0.4, 0.5) is 0 Å². The fourth-order valence-corrected chi connectivity index (χ4v) is 2.93. The molecule has 0 bridgehead atoms. The van der Waals surface area contributed by atoms with Gasteiger partial charge in [0.25, 0.3) is 0 Å². The molecule has 2 fully saturated rings. The molecule has 0 radical (unpaired) electrons. The molecule has 0 saturated heterocycles. The van der Waals surface area contributed by atoms with Gasteiger partial charge in [-0.15, -0.1) is 0 Å². The summed E-state index contributed by atoms with van der Waals surface area (Å²) in [7, 11) is 1.75. The standard InChI is InChI=1S/C12H15BrN2OS/c1-16-10(7-4-5-7)11-14-9(6-2-3-6)8(13)12(17)15-11/h6-7,10H,2-5H2,1H3,(H,14,15,17). The van der Waals surface area contributed by atoms with Gasteiger partial charge in [-0.2, -0.15) is 0 Å². The third-order valence-electron chi connectivity index (χ3n) is 3.47. The van der Waals surface area contributed by atoms with E-state index in [0.29, 0.717) is 16.5 Å². The first kappa shape index (κ1) is 11.8. The lowest BCUT2D eigenvalue weighted by atomic mass is 10.2. The molecule has 17 heavy (non-hydrogen) atoms. The molecule has 2 saturated carbocycles. The van der Waals surface area contributed by atoms with Crippen molar-refractivity contribution in [3.8, 4) is 0 Å². The summed E-state index contributed by atoms with van der Waals surface area (Å²) in [5.41, 5.74) is 1.21. The van der Waals surface area contributed by atoms with Gasteiger partial charge in [-0.25, -0.2) is 4.98 Å². The van der Waals surface area contributed by atoms with Crippen molar-refractivity contribution in [3.05, 3.63) is 20.6 Å². The summed E-state index contributed by atoms with van der Waals surface area (Å²) in [4.78, 5) is 7.90. The van der Waals surface area contributed by atoms with Crippen LogP contribution in [0.15, 0.2) is 4.47 Å². The molecule has 1 atom stereocenters. The molecule has 0 amide bonds. The molecular weight excluding hydrogens is 300 g/mol. The van der Waals surface area contributed by atoms with E-state index < -0.39 is 0 Å². The number of methoxy groups -OCH3 is 1. The molecule has 92 valence electrons. The number of aromatic amines is 1. The van der Waals surface area contributed by atoms with Crippen molar-refractivity contribution in [1.29, 1.82) is 0 Å². The first-order valence-electron chi connectivity index (χ1n) is 6.03. The van der Waals surface area contributed by atoms with Gasteiger partial charge in [0.15, 0.2) is 0 Å². The minimum absolute atomic E-state index is 0.0855. The van der Waals surface area contributed by atoms with Crippen LogP contribution in [-0.2, 0) is 4.74 Å². The Labute approximate surface area is 114 Å². The Kier molecular flexibility index (Phi) is 3.09. The summed E-state index contributed by atoms with van der Waals surface area (Å²) in [6.07, 6.45) is 5.04. The van der Waals surface area contributed by atoms with E-state index in [0.717, 1.165) is 10.3 Å². The second kappa shape index (κ2) is 4.44. The van der Waals surface area contributed by atoms with Crippen LogP contribution in [0.25, 0.3) is 0 Å². The van der Waals surface area contributed by atoms with Crippen molar-refractivity contribution >= 4 is 28.1 Å². The first-order valence-corrected chi connectivity index (χ1v) is 7.23. The van der Waals surface area contributed by atoms with E-state index in [1.165, 1.54) is 31.4 Å². The first-order chi connectivity index (χ1) is 8.20. The van der Waals surface area contributed by atoms with Crippen molar-refractivity contribution in [2.45, 2.75) is 37.7 Å². The minimum atomic E-state index is 0.0855. The average molecular weight is 315 g/mol. The van der Waals surface area contributed by atoms with Crippen LogP contribution in [0, 0.1) is 10.6 Å². The van der Waals surface area contributed by atoms with Gasteiger partial charge < -0.3 is 9.72 Å². The summed E-state index contributed by atoms with van der Waals surface area (Å²) in [5, 5.41) is 0. The van der Waals surface area contributed by atoms with Gasteiger partial charge in [0.2, 0.25) is 0 Å². The fourth-order valence-electron chi connectivity index (χ4n) is 2.21. The number of nitrogens with zero attached hydrogens (tertiary/aromatic N) is 1. The maximum absolute atomic E-state index is 5.55. The largest absolute Gasteiger partial charge is 0.373 e. The van der Waals surface area contributed by atoms with Crippen molar-refractivity contribution in [1.82, 2.24) is 9.97 Å². The molecule has 1 N–H and O–H groups in total. The summed E-state index contributed by atoms with van der Waals surface area (Å²) in [6.45, 7) is 0. The maximum atomic E-state index is 5.55. The van der Waals surface area contributed by atoms with Crippen LogP contribution < -0.4 is 0 Å². The third kappa shape index (κ3) is 2.33. The van der Waals surface area contributed by atoms with E-state index in [1.54, 1.807) is 7.11 Å². The van der Waals surface area contributed by atoms with E-state index in [4.69, 9.17) is 17.0 Å². The smallest absolute Gasteiger partial charge is 0.144 e. The summed E-state index contributed by atoms with van der Waals surface area (Å²) >= 11 is 8.86. The monoisotopic (exact) mass is 314 g/mol. The Hall–Kier alpha value is -0.260. The Morgan fingerprint density at radius 1 is 1.41 bits per heavy atom. The van der Waals surface area contributed by atoms with E-state index in [-0.39, 0.29) is 6.10 Å². The number of hydrogen-bond acceptors (Lipinski definition) is 3. The SMILES string of the molecule is COC(c1nc(=S)c(Br)c(C2CC2)[nH]1)C1CC1. The van der Waals surface area contributed by atoms with Crippen LogP contribution >= 0.6 is 28.1 Å². The summed E-state index contributed by atoms with van der Waals surface area (Å²) in [5.74, 6) is 2.15. The maximum Gasteiger partial charge on any atom is 0.144 e. The van der Waals surface area contributed by atoms with Gasteiger partial charge in [-0.3, -0.25) is 0 Å². The molecule has 3 rings (SSSR count). The zero-order valence-corrected chi connectivity index (χ0v) is 12.1. The molecule has 2 aliphatic rings. The van der Waals surface area contributed by atoms with E-state index in [1.807, 2.05) is 0 Å². The second-order valence-corrected chi connectivity index (χ2v) is 6.10. The van der Waals surface area contributed by atoms with Gasteiger partial charge in [0.05, 0.1) is 4.47 Å². The van der Waals surface area contributed by atoms with Gasteiger partial charge in [0, 0.05) is 18.7 Å². The molecule has 3 nitrogen and oxygen atoms in total. The van der Waals surface area contributed by atoms with Crippen molar-refractivity contribution < 1.29 is 4.74 Å². The van der Waals surface area contributed by atoms with Crippen LogP contribution in [0.5, 0.6) is 0 Å². The van der Waals surface area contributed by atoms with Gasteiger partial charge in [0.1, 0.15) is 16.6 Å². The number of H-pyrrole nitrogens is 1. The highest BCUT2D eigenvalue weighted by Crippen LogP contribution is 2.45. The molecule has 2 aliphatic carbocycles. The van der Waals surface area contributed by atoms with Crippen LogP contribution in [0.1, 0.15) is 49.2 Å². The highest BCUT2D eigenvalue weighted by molar-refractivity contribution is 9.10. The van der Waals surface area contributed by atoms with Crippen molar-refractivity contribution in [2.75, 3.05) is 7.11 Å². The molecule has 1 heterocycles. The highest BCUT2D eigenvalue weighted by atomic mass is 79.9. The summed E-state index contributed by atoms with van der Waals surface area (Å²) < 4.78 is 7.17. The van der Waals surface area contributed by atoms with Crippen LogP contribution in [0.3, 0.4) is 0 Å². The lowest BCUT2D eigenvalue weighted by Gasteiger charge is -2.15. The molecule has 1 aromatic rings. The minimum Gasteiger partial charge on any atom is -0.373 e. The molecule has 1 aromatic heterocycles. The van der Waals surface area contributed by atoms with Crippen LogP contribution in [0.2, 0.25) is 0 Å². The predicted molar refractivity (Wildman–Crippen MR) is 71.6 cm³/mol. The number of halogens is 1. The second-order valence-electron chi connectivity index (χ2n) is 4.92. The Morgan fingerprint density at radius 2 is 2.12 bits per heavy atom. The number of rotatable bonds is 4. The lowest BCUT2D eigenvalue weighted by molar-refractivity contribution is 0.0768. The van der Waals surface area contributed by atoms with Crippen LogP contribution in [-0.4, -0.2) is 17.1 Å². The molecule has 5 heteroatoms. The number of ether oxygens (including phenoxy) is 1. The van der Waals surface area contributed by atoms with E-state index in [2.05, 4.69) is 25.9 Å². The number of nitrogens with one attached hydrogen (secondary N) is 1. The predicted octanol–water partition coefficient (Wildman–Crippen LogP) is 3.88. The molecular formula is C12H15BrN2OS. The van der Waals surface area contributed by atoms with Crippen molar-refractivity contribution in [2.24, 2.45) is 5.92 Å². The Bertz CT molecular complexity index is 494. The molecule has 0 spiro atoms. The summed E-state index contributed by atoms with van der Waals surface area (Å²) in [6, 6.07) is 0. The Morgan fingerprint density at radius 3 is 2.65 bits per heavy atom. The third-order valence-corrected chi connectivity index (χ3v) is 4.83. The Balaban J connectivity index is 2.01. The zero-order valence-electron chi connectivity index (χ0n) is 9.70. The van der Waals surface area contributed by atoms with Gasteiger partial charge in [-0.05, 0) is 47.5 Å². The zero-order chi connectivity index (χ0) is 12.0. The topological polar surface area (TPSA) is 37.9 Å². The molecule has 0 aromatic carbocycles. The van der Waals surface area contributed by atoms with Gasteiger partial charge in [-0.1, -0.05) is 12.2 Å². The normalized spacial score (nSPS) is 21.5. The van der Waals surface area contributed by atoms with E-state index >= 15 is 0 Å². The highest BCUT2D eigenvalue weighted by Gasteiger charge is 2.35. The lowest BCUT2D eigenvalue weighted by Crippen LogP contribution is -2.11. The fraction of sp³-hybridized carbons (Fsp3) is 0.667. The molecule has 1 unspecified atom stereocenters. The quantitative estimate of drug-likeness (QED) is 0.857. The average Bonchev–Trinajstić information content (AvgIpc) is 3.15. The van der Waals surface area contributed by atoms with Crippen molar-refractivity contribution in [3.63, 3.8) is 0 Å². The molecule has 0 aliphatic heterocycles. The number of hydrogen-bond donors (Lipinski definition) is 1.